The summed E-state index contributed by atoms with van der Waals surface area (Å²) in [7, 11) is 0. The summed E-state index contributed by atoms with van der Waals surface area (Å²) in [4.78, 5) is 11.6. The van der Waals surface area contributed by atoms with Crippen molar-refractivity contribution >= 4 is 5.97 Å². The molecule has 0 aromatic heterocycles. The molecule has 0 fully saturated rings. The largest absolute Gasteiger partial charge is 0.427 e. The topological polar surface area (TPSA) is 26.3 Å². The van der Waals surface area contributed by atoms with Gasteiger partial charge in [0.25, 0.3) is 0 Å². The first-order valence-corrected chi connectivity index (χ1v) is 6.74. The molecular formula is C17H17FO2. The van der Waals surface area contributed by atoms with Crippen LogP contribution in [0.2, 0.25) is 0 Å². The zero-order valence-corrected chi connectivity index (χ0v) is 11.2. The van der Waals surface area contributed by atoms with Crippen molar-refractivity contribution in [1.82, 2.24) is 0 Å². The molecule has 20 heavy (non-hydrogen) atoms. The molecule has 0 heterocycles. The molecule has 0 aliphatic heterocycles. The van der Waals surface area contributed by atoms with Gasteiger partial charge in [-0.05, 0) is 49.1 Å². The Kier molecular flexibility index (Phi) is 5.30. The van der Waals surface area contributed by atoms with Crippen LogP contribution in [0, 0.1) is 5.82 Å². The molecule has 2 aromatic rings. The van der Waals surface area contributed by atoms with E-state index in [-0.39, 0.29) is 11.8 Å². The number of halogens is 1. The minimum absolute atomic E-state index is 0.273. The van der Waals surface area contributed by atoms with Crippen LogP contribution in [-0.4, -0.2) is 5.97 Å². The molecule has 0 radical (unpaired) electrons. The third-order valence-corrected chi connectivity index (χ3v) is 2.98. The Labute approximate surface area is 118 Å². The molecule has 0 atom stereocenters. The molecule has 0 bridgehead atoms. The number of carbonyl (C=O) groups excluding carboxylic acids is 1. The number of hydrogen-bond acceptors (Lipinski definition) is 2. The maximum atomic E-state index is 12.7. The van der Waals surface area contributed by atoms with Crippen molar-refractivity contribution in [3.8, 4) is 5.75 Å². The summed E-state index contributed by atoms with van der Waals surface area (Å²) in [6, 6.07) is 15.6. The predicted molar refractivity (Wildman–Crippen MR) is 76.0 cm³/mol. The van der Waals surface area contributed by atoms with Crippen molar-refractivity contribution in [3.63, 3.8) is 0 Å². The SMILES string of the molecule is O=C(CCCCc1ccccc1)Oc1ccc(F)cc1. The number of rotatable bonds is 6. The van der Waals surface area contributed by atoms with E-state index in [0.29, 0.717) is 12.2 Å². The van der Waals surface area contributed by atoms with E-state index in [4.69, 9.17) is 4.74 Å². The van der Waals surface area contributed by atoms with E-state index in [1.807, 2.05) is 18.2 Å². The van der Waals surface area contributed by atoms with Gasteiger partial charge < -0.3 is 4.74 Å². The number of carbonyl (C=O) groups is 1. The molecule has 0 aliphatic rings. The predicted octanol–water partition coefficient (Wildman–Crippen LogP) is 4.14. The van der Waals surface area contributed by atoms with E-state index in [1.165, 1.54) is 29.8 Å². The lowest BCUT2D eigenvalue weighted by Crippen LogP contribution is -2.07. The first-order chi connectivity index (χ1) is 9.74. The molecule has 0 unspecified atom stereocenters. The minimum atomic E-state index is -0.340. The van der Waals surface area contributed by atoms with Crippen LogP contribution >= 0.6 is 0 Å². The van der Waals surface area contributed by atoms with Crippen LogP contribution in [0.1, 0.15) is 24.8 Å². The van der Waals surface area contributed by atoms with Gasteiger partial charge in [-0.1, -0.05) is 30.3 Å². The fourth-order valence-electron chi connectivity index (χ4n) is 1.93. The third kappa shape index (κ3) is 4.84. The second-order valence-corrected chi connectivity index (χ2v) is 4.62. The minimum Gasteiger partial charge on any atom is -0.427 e. The average Bonchev–Trinajstić information content (AvgIpc) is 2.47. The van der Waals surface area contributed by atoms with Gasteiger partial charge in [0.1, 0.15) is 11.6 Å². The Hall–Kier alpha value is -2.16. The van der Waals surface area contributed by atoms with Gasteiger partial charge in [0, 0.05) is 6.42 Å². The summed E-state index contributed by atoms with van der Waals surface area (Å²) >= 11 is 0. The zero-order valence-electron chi connectivity index (χ0n) is 11.2. The number of hydrogen-bond donors (Lipinski definition) is 0. The van der Waals surface area contributed by atoms with Gasteiger partial charge in [0.2, 0.25) is 0 Å². The van der Waals surface area contributed by atoms with Gasteiger partial charge in [-0.25, -0.2) is 4.39 Å². The molecule has 2 aromatic carbocycles. The van der Waals surface area contributed by atoms with E-state index < -0.39 is 0 Å². The van der Waals surface area contributed by atoms with Gasteiger partial charge in [-0.3, -0.25) is 4.79 Å². The maximum Gasteiger partial charge on any atom is 0.311 e. The van der Waals surface area contributed by atoms with Crippen molar-refractivity contribution in [2.24, 2.45) is 0 Å². The molecular weight excluding hydrogens is 255 g/mol. The first-order valence-electron chi connectivity index (χ1n) is 6.74. The van der Waals surface area contributed by atoms with Crippen LogP contribution in [0.4, 0.5) is 4.39 Å². The third-order valence-electron chi connectivity index (χ3n) is 2.98. The molecule has 0 spiro atoms. The average molecular weight is 272 g/mol. The smallest absolute Gasteiger partial charge is 0.311 e. The van der Waals surface area contributed by atoms with Gasteiger partial charge in [-0.15, -0.1) is 0 Å². The molecule has 0 saturated heterocycles. The molecule has 0 aliphatic carbocycles. The standard InChI is InChI=1S/C17H17FO2/c18-15-10-12-16(13-11-15)20-17(19)9-5-4-8-14-6-2-1-3-7-14/h1-3,6-7,10-13H,4-5,8-9H2. The highest BCUT2D eigenvalue weighted by atomic mass is 19.1. The lowest BCUT2D eigenvalue weighted by atomic mass is 10.1. The number of ether oxygens (including phenoxy) is 1. The molecule has 3 heteroatoms. The van der Waals surface area contributed by atoms with Gasteiger partial charge >= 0.3 is 5.97 Å². The maximum absolute atomic E-state index is 12.7. The molecule has 2 rings (SSSR count). The normalized spacial score (nSPS) is 10.2. The van der Waals surface area contributed by atoms with Crippen LogP contribution in [0.5, 0.6) is 5.75 Å². The van der Waals surface area contributed by atoms with E-state index in [0.717, 1.165) is 19.3 Å². The van der Waals surface area contributed by atoms with Crippen LogP contribution in [0.3, 0.4) is 0 Å². The summed E-state index contributed by atoms with van der Waals surface area (Å²) in [5.74, 6) is -0.225. The fraction of sp³-hybridized carbons (Fsp3) is 0.235. The van der Waals surface area contributed by atoms with Crippen molar-refractivity contribution in [2.75, 3.05) is 0 Å². The second kappa shape index (κ2) is 7.43. The molecule has 104 valence electrons. The summed E-state index contributed by atoms with van der Waals surface area (Å²) in [5.41, 5.74) is 1.28. The Morgan fingerprint density at radius 2 is 1.65 bits per heavy atom. The van der Waals surface area contributed by atoms with Crippen molar-refractivity contribution in [3.05, 3.63) is 66.0 Å². The highest BCUT2D eigenvalue weighted by Gasteiger charge is 2.04. The van der Waals surface area contributed by atoms with Gasteiger partial charge in [0.15, 0.2) is 0 Å². The van der Waals surface area contributed by atoms with E-state index >= 15 is 0 Å². The number of esters is 1. The lowest BCUT2D eigenvalue weighted by molar-refractivity contribution is -0.134. The second-order valence-electron chi connectivity index (χ2n) is 4.62. The summed E-state index contributed by atoms with van der Waals surface area (Å²) in [5, 5.41) is 0. The first kappa shape index (κ1) is 14.3. The Balaban J connectivity index is 1.66. The molecule has 0 amide bonds. The molecule has 0 N–H and O–H groups in total. The molecule has 2 nitrogen and oxygen atoms in total. The van der Waals surface area contributed by atoms with E-state index in [2.05, 4.69) is 12.1 Å². The number of unbranched alkanes of at least 4 members (excludes halogenated alkanes) is 1. The number of aryl methyl sites for hydroxylation is 1. The van der Waals surface area contributed by atoms with Crippen molar-refractivity contribution in [2.45, 2.75) is 25.7 Å². The van der Waals surface area contributed by atoms with Crippen molar-refractivity contribution < 1.29 is 13.9 Å². The van der Waals surface area contributed by atoms with Gasteiger partial charge in [0.05, 0.1) is 0 Å². The summed E-state index contributed by atoms with van der Waals surface area (Å²) in [6.07, 6.45) is 3.08. The zero-order chi connectivity index (χ0) is 14.2. The quantitative estimate of drug-likeness (QED) is 0.448. The van der Waals surface area contributed by atoms with E-state index in [9.17, 15) is 9.18 Å². The highest BCUT2D eigenvalue weighted by molar-refractivity contribution is 5.72. The van der Waals surface area contributed by atoms with E-state index in [1.54, 1.807) is 0 Å². The summed E-state index contributed by atoms with van der Waals surface area (Å²) < 4.78 is 17.8. The van der Waals surface area contributed by atoms with Crippen LogP contribution in [0.15, 0.2) is 54.6 Å². The van der Waals surface area contributed by atoms with Crippen LogP contribution < -0.4 is 4.74 Å². The Morgan fingerprint density at radius 1 is 0.950 bits per heavy atom. The van der Waals surface area contributed by atoms with Crippen molar-refractivity contribution in [1.29, 1.82) is 0 Å². The Bertz CT molecular complexity index is 535. The highest BCUT2D eigenvalue weighted by Crippen LogP contribution is 2.13. The monoisotopic (exact) mass is 272 g/mol. The van der Waals surface area contributed by atoms with Gasteiger partial charge in [-0.2, -0.15) is 0 Å². The molecule has 0 saturated carbocycles. The lowest BCUT2D eigenvalue weighted by Gasteiger charge is -2.04. The Morgan fingerprint density at radius 3 is 2.35 bits per heavy atom. The van der Waals surface area contributed by atoms with Crippen LogP contribution in [0.25, 0.3) is 0 Å². The van der Waals surface area contributed by atoms with Crippen LogP contribution in [-0.2, 0) is 11.2 Å². The number of benzene rings is 2. The fourth-order valence-corrected chi connectivity index (χ4v) is 1.93. The summed E-state index contributed by atoms with van der Waals surface area (Å²) in [6.45, 7) is 0.